The van der Waals surface area contributed by atoms with Gasteiger partial charge in [0.1, 0.15) is 5.01 Å². The van der Waals surface area contributed by atoms with Gasteiger partial charge in [0.2, 0.25) is 5.95 Å². The number of nitrogens with zero attached hydrogens (tertiary/aromatic N) is 4. The van der Waals surface area contributed by atoms with E-state index in [0.717, 1.165) is 43.3 Å². The van der Waals surface area contributed by atoms with Crippen LogP contribution in [0.15, 0.2) is 24.7 Å². The number of urea groups is 1. The van der Waals surface area contributed by atoms with Crippen LogP contribution < -0.4 is 15.5 Å². The Kier molecular flexibility index (Phi) is 5.58. The van der Waals surface area contributed by atoms with Gasteiger partial charge in [-0.15, -0.1) is 11.3 Å². The first-order valence-corrected chi connectivity index (χ1v) is 9.06. The van der Waals surface area contributed by atoms with Gasteiger partial charge in [-0.3, -0.25) is 0 Å². The maximum atomic E-state index is 12.1. The van der Waals surface area contributed by atoms with Crippen molar-refractivity contribution in [3.8, 4) is 0 Å². The molecule has 1 atom stereocenters. The van der Waals surface area contributed by atoms with E-state index in [4.69, 9.17) is 0 Å². The van der Waals surface area contributed by atoms with E-state index < -0.39 is 0 Å². The molecule has 128 valence electrons. The Morgan fingerprint density at radius 3 is 2.96 bits per heavy atom. The molecule has 0 unspecified atom stereocenters. The van der Waals surface area contributed by atoms with Gasteiger partial charge in [0, 0.05) is 42.6 Å². The summed E-state index contributed by atoms with van der Waals surface area (Å²) in [6.45, 7) is 4.22. The van der Waals surface area contributed by atoms with Crippen LogP contribution in [0.5, 0.6) is 0 Å². The van der Waals surface area contributed by atoms with Crippen LogP contribution in [0.1, 0.15) is 29.7 Å². The first-order valence-electron chi connectivity index (χ1n) is 8.24. The topological polar surface area (TPSA) is 83.0 Å². The van der Waals surface area contributed by atoms with E-state index in [-0.39, 0.29) is 12.1 Å². The van der Waals surface area contributed by atoms with Crippen molar-refractivity contribution in [1.29, 1.82) is 0 Å². The number of amides is 2. The molecule has 3 rings (SSSR count). The van der Waals surface area contributed by atoms with Crippen LogP contribution in [0.25, 0.3) is 0 Å². The van der Waals surface area contributed by atoms with Crippen molar-refractivity contribution in [2.24, 2.45) is 0 Å². The Bertz CT molecular complexity index is 662. The van der Waals surface area contributed by atoms with Gasteiger partial charge in [0.25, 0.3) is 0 Å². The molecule has 0 radical (unpaired) electrons. The molecule has 0 bridgehead atoms. The Morgan fingerprint density at radius 1 is 1.38 bits per heavy atom. The summed E-state index contributed by atoms with van der Waals surface area (Å²) >= 11 is 1.64. The van der Waals surface area contributed by atoms with Crippen molar-refractivity contribution in [2.45, 2.75) is 38.8 Å². The molecule has 2 aromatic rings. The molecule has 0 aromatic carbocycles. The minimum atomic E-state index is -0.149. The third-order valence-corrected chi connectivity index (χ3v) is 5.08. The number of piperidine rings is 1. The molecule has 1 fully saturated rings. The lowest BCUT2D eigenvalue weighted by molar-refractivity contribution is 0.234. The van der Waals surface area contributed by atoms with Crippen LogP contribution in [0.3, 0.4) is 0 Å². The van der Waals surface area contributed by atoms with E-state index in [9.17, 15) is 4.79 Å². The highest BCUT2D eigenvalue weighted by molar-refractivity contribution is 7.11. The lowest BCUT2D eigenvalue weighted by Gasteiger charge is -2.33. The number of nitrogens with one attached hydrogen (secondary N) is 2. The predicted molar refractivity (Wildman–Crippen MR) is 94.1 cm³/mol. The minimum Gasteiger partial charge on any atom is -0.339 e. The van der Waals surface area contributed by atoms with Crippen molar-refractivity contribution in [1.82, 2.24) is 25.6 Å². The zero-order chi connectivity index (χ0) is 16.8. The summed E-state index contributed by atoms with van der Waals surface area (Å²) in [5.41, 5.74) is 0. The molecule has 1 aliphatic rings. The van der Waals surface area contributed by atoms with Gasteiger partial charge >= 0.3 is 6.03 Å². The van der Waals surface area contributed by atoms with Gasteiger partial charge < -0.3 is 15.5 Å². The highest BCUT2D eigenvalue weighted by atomic mass is 32.1. The Morgan fingerprint density at radius 2 is 2.21 bits per heavy atom. The summed E-state index contributed by atoms with van der Waals surface area (Å²) in [7, 11) is 0. The maximum Gasteiger partial charge on any atom is 0.315 e. The smallest absolute Gasteiger partial charge is 0.315 e. The second-order valence-corrected chi connectivity index (χ2v) is 6.93. The van der Waals surface area contributed by atoms with E-state index >= 15 is 0 Å². The van der Waals surface area contributed by atoms with Crippen LogP contribution >= 0.6 is 11.3 Å². The van der Waals surface area contributed by atoms with Crippen molar-refractivity contribution >= 4 is 23.3 Å². The fourth-order valence-corrected chi connectivity index (χ4v) is 3.52. The molecule has 1 saturated heterocycles. The average molecular weight is 346 g/mol. The molecule has 8 heteroatoms. The van der Waals surface area contributed by atoms with Crippen LogP contribution in [-0.4, -0.2) is 40.1 Å². The Labute approximate surface area is 145 Å². The van der Waals surface area contributed by atoms with Crippen LogP contribution in [0, 0.1) is 0 Å². The fraction of sp³-hybridized carbons (Fsp3) is 0.500. The first-order chi connectivity index (χ1) is 11.7. The highest BCUT2D eigenvalue weighted by Gasteiger charge is 2.22. The normalized spacial score (nSPS) is 17.5. The van der Waals surface area contributed by atoms with E-state index in [2.05, 4.69) is 37.4 Å². The fourth-order valence-electron chi connectivity index (χ4n) is 2.72. The summed E-state index contributed by atoms with van der Waals surface area (Å²) in [6, 6.07) is 1.76. The lowest BCUT2D eigenvalue weighted by atomic mass is 10.1. The van der Waals surface area contributed by atoms with E-state index in [1.165, 1.54) is 4.88 Å². The summed E-state index contributed by atoms with van der Waals surface area (Å²) in [6.07, 6.45) is 8.31. The Balaban J connectivity index is 1.47. The number of rotatable bonds is 5. The molecule has 0 aliphatic carbocycles. The number of thiazole rings is 1. The minimum absolute atomic E-state index is 0.102. The van der Waals surface area contributed by atoms with E-state index in [1.807, 2.05) is 6.20 Å². The number of carbonyl (C=O) groups excluding carboxylic acids is 1. The number of carbonyl (C=O) groups is 1. The number of anilines is 1. The van der Waals surface area contributed by atoms with E-state index in [0.29, 0.717) is 6.54 Å². The standard InChI is InChI=1S/C16H22N6OS/c1-2-13-9-19-14(24-13)10-20-16(23)21-12-5-3-8-22(11-12)15-17-6-4-7-18-15/h4,6-7,9,12H,2-3,5,8,10-11H2,1H3,(H2,20,21,23)/t12-/m1/s1. The zero-order valence-electron chi connectivity index (χ0n) is 13.7. The molecule has 2 amide bonds. The zero-order valence-corrected chi connectivity index (χ0v) is 14.6. The van der Waals surface area contributed by atoms with Gasteiger partial charge in [-0.2, -0.15) is 0 Å². The van der Waals surface area contributed by atoms with Crippen molar-refractivity contribution < 1.29 is 4.79 Å². The highest BCUT2D eigenvalue weighted by Crippen LogP contribution is 2.15. The number of aromatic nitrogens is 3. The predicted octanol–water partition coefficient (Wildman–Crippen LogP) is 1.96. The summed E-state index contributed by atoms with van der Waals surface area (Å²) in [5.74, 6) is 0.722. The molecule has 24 heavy (non-hydrogen) atoms. The summed E-state index contributed by atoms with van der Waals surface area (Å²) < 4.78 is 0. The molecule has 3 heterocycles. The second kappa shape index (κ2) is 8.05. The second-order valence-electron chi connectivity index (χ2n) is 5.73. The molecular formula is C16H22N6OS. The third kappa shape index (κ3) is 4.41. The van der Waals surface area contributed by atoms with Crippen molar-refractivity contribution in [3.05, 3.63) is 34.5 Å². The summed E-state index contributed by atoms with van der Waals surface area (Å²) in [5, 5.41) is 6.86. The molecule has 1 aliphatic heterocycles. The van der Waals surface area contributed by atoms with Gasteiger partial charge in [-0.25, -0.2) is 19.7 Å². The maximum absolute atomic E-state index is 12.1. The van der Waals surface area contributed by atoms with E-state index in [1.54, 1.807) is 29.8 Å². The lowest BCUT2D eigenvalue weighted by Crippen LogP contribution is -2.50. The average Bonchev–Trinajstić information content (AvgIpc) is 3.09. The molecule has 2 N–H and O–H groups in total. The van der Waals surface area contributed by atoms with Crippen LogP contribution in [0.4, 0.5) is 10.7 Å². The molecule has 7 nitrogen and oxygen atoms in total. The molecule has 0 saturated carbocycles. The molecule has 2 aromatic heterocycles. The van der Waals surface area contributed by atoms with Gasteiger partial charge in [0.15, 0.2) is 0 Å². The van der Waals surface area contributed by atoms with Crippen LogP contribution in [0.2, 0.25) is 0 Å². The largest absolute Gasteiger partial charge is 0.339 e. The quantitative estimate of drug-likeness (QED) is 0.865. The third-order valence-electron chi connectivity index (χ3n) is 3.94. The number of hydrogen-bond acceptors (Lipinski definition) is 6. The van der Waals surface area contributed by atoms with Gasteiger partial charge in [0.05, 0.1) is 6.54 Å². The first kappa shape index (κ1) is 16.6. The van der Waals surface area contributed by atoms with Crippen molar-refractivity contribution in [2.75, 3.05) is 18.0 Å². The summed E-state index contributed by atoms with van der Waals surface area (Å²) in [4.78, 5) is 28.3. The van der Waals surface area contributed by atoms with Gasteiger partial charge in [-0.1, -0.05) is 6.92 Å². The van der Waals surface area contributed by atoms with Gasteiger partial charge in [-0.05, 0) is 25.3 Å². The Hall–Kier alpha value is -2.22. The SMILES string of the molecule is CCc1cnc(CNC(=O)N[C@@H]2CCCN(c3ncccn3)C2)s1. The molecular weight excluding hydrogens is 324 g/mol. The van der Waals surface area contributed by atoms with Crippen molar-refractivity contribution in [3.63, 3.8) is 0 Å². The van der Waals surface area contributed by atoms with Crippen LogP contribution in [-0.2, 0) is 13.0 Å². The monoisotopic (exact) mass is 346 g/mol. The number of hydrogen-bond donors (Lipinski definition) is 2. The number of aryl methyl sites for hydroxylation is 1. The molecule has 0 spiro atoms.